The highest BCUT2D eigenvalue weighted by Crippen LogP contribution is 2.29. The highest BCUT2D eigenvalue weighted by Gasteiger charge is 2.25. The standard InChI is InChI=1S/C26H23N3O2/c1-28-17-20(22-7-3-5-9-24(22)28)16-25(30)27-21-12-10-19(11-13-21)26(31)29-15-14-18-6-2-4-8-23(18)29/h2-13,17H,14-16H2,1H3,(H,27,30). The van der Waals surface area contributed by atoms with E-state index in [2.05, 4.69) is 11.4 Å². The van der Waals surface area contributed by atoms with Crippen LogP contribution >= 0.6 is 0 Å². The molecule has 0 fully saturated rings. The molecular formula is C26H23N3O2. The van der Waals surface area contributed by atoms with Gasteiger partial charge in [-0.2, -0.15) is 0 Å². The number of carbonyl (C=O) groups is 2. The van der Waals surface area contributed by atoms with Gasteiger partial charge in [0.25, 0.3) is 5.91 Å². The van der Waals surface area contributed by atoms with Gasteiger partial charge in [-0.1, -0.05) is 36.4 Å². The van der Waals surface area contributed by atoms with Crippen LogP contribution in [-0.4, -0.2) is 22.9 Å². The number of nitrogens with zero attached hydrogens (tertiary/aromatic N) is 2. The maximum atomic E-state index is 12.9. The zero-order chi connectivity index (χ0) is 21.4. The molecule has 5 rings (SSSR count). The van der Waals surface area contributed by atoms with Crippen molar-refractivity contribution in [1.82, 2.24) is 4.57 Å². The van der Waals surface area contributed by atoms with E-state index in [1.54, 1.807) is 24.3 Å². The molecule has 2 heterocycles. The molecule has 1 N–H and O–H groups in total. The van der Waals surface area contributed by atoms with Crippen molar-refractivity contribution in [2.75, 3.05) is 16.8 Å². The maximum Gasteiger partial charge on any atom is 0.258 e. The summed E-state index contributed by atoms with van der Waals surface area (Å²) in [6, 6.07) is 23.2. The number of rotatable bonds is 4. The second-order valence-electron chi connectivity index (χ2n) is 7.92. The third kappa shape index (κ3) is 3.59. The van der Waals surface area contributed by atoms with Gasteiger partial charge in [0.2, 0.25) is 5.91 Å². The van der Waals surface area contributed by atoms with Gasteiger partial charge in [0.1, 0.15) is 0 Å². The highest BCUT2D eigenvalue weighted by atomic mass is 16.2. The average molecular weight is 409 g/mol. The van der Waals surface area contributed by atoms with Gasteiger partial charge in [0, 0.05) is 47.6 Å². The van der Waals surface area contributed by atoms with Crippen molar-refractivity contribution in [3.05, 3.63) is 95.7 Å². The molecule has 3 aromatic carbocycles. The van der Waals surface area contributed by atoms with Crippen molar-refractivity contribution in [2.45, 2.75) is 12.8 Å². The molecule has 1 aliphatic heterocycles. The van der Waals surface area contributed by atoms with Crippen LogP contribution in [0.15, 0.2) is 79.0 Å². The molecule has 0 saturated carbocycles. The average Bonchev–Trinajstić information content (AvgIpc) is 3.35. The molecule has 0 bridgehead atoms. The molecule has 0 aliphatic carbocycles. The molecule has 0 unspecified atom stereocenters. The Morgan fingerprint density at radius 1 is 0.935 bits per heavy atom. The van der Waals surface area contributed by atoms with Crippen LogP contribution in [0.1, 0.15) is 21.5 Å². The quantitative estimate of drug-likeness (QED) is 0.537. The predicted molar refractivity (Wildman–Crippen MR) is 124 cm³/mol. The number of amides is 2. The van der Waals surface area contributed by atoms with Gasteiger partial charge in [-0.25, -0.2) is 0 Å². The zero-order valence-electron chi connectivity index (χ0n) is 17.3. The minimum atomic E-state index is -0.0797. The Morgan fingerprint density at radius 2 is 1.68 bits per heavy atom. The van der Waals surface area contributed by atoms with Gasteiger partial charge in [-0.15, -0.1) is 0 Å². The summed E-state index contributed by atoms with van der Waals surface area (Å²) in [6.07, 6.45) is 3.18. The molecule has 0 radical (unpaired) electrons. The fraction of sp³-hybridized carbons (Fsp3) is 0.154. The largest absolute Gasteiger partial charge is 0.350 e. The topological polar surface area (TPSA) is 54.3 Å². The molecule has 5 heteroatoms. The fourth-order valence-electron chi connectivity index (χ4n) is 4.35. The van der Waals surface area contributed by atoms with Crippen molar-refractivity contribution in [3.63, 3.8) is 0 Å². The minimum absolute atomic E-state index is 0.0152. The molecule has 0 atom stereocenters. The van der Waals surface area contributed by atoms with Crippen molar-refractivity contribution in [3.8, 4) is 0 Å². The summed E-state index contributed by atoms with van der Waals surface area (Å²) in [5.74, 6) is -0.0949. The third-order valence-corrected chi connectivity index (χ3v) is 5.88. The third-order valence-electron chi connectivity index (χ3n) is 5.88. The van der Waals surface area contributed by atoms with Gasteiger partial charge >= 0.3 is 0 Å². The Morgan fingerprint density at radius 3 is 2.52 bits per heavy atom. The molecule has 0 saturated heterocycles. The lowest BCUT2D eigenvalue weighted by atomic mass is 10.1. The van der Waals surface area contributed by atoms with E-state index in [0.717, 1.165) is 28.6 Å². The van der Waals surface area contributed by atoms with E-state index in [-0.39, 0.29) is 11.8 Å². The lowest BCUT2D eigenvalue weighted by Gasteiger charge is -2.17. The minimum Gasteiger partial charge on any atom is -0.350 e. The molecule has 154 valence electrons. The zero-order valence-corrected chi connectivity index (χ0v) is 17.3. The summed E-state index contributed by atoms with van der Waals surface area (Å²) in [7, 11) is 1.98. The van der Waals surface area contributed by atoms with Gasteiger partial charge in [0.15, 0.2) is 0 Å². The number of benzene rings is 3. The molecular weight excluding hydrogens is 386 g/mol. The summed E-state index contributed by atoms with van der Waals surface area (Å²) in [6.45, 7) is 0.696. The fourth-order valence-corrected chi connectivity index (χ4v) is 4.35. The molecule has 4 aromatic rings. The summed E-state index contributed by atoms with van der Waals surface area (Å²) in [4.78, 5) is 27.4. The van der Waals surface area contributed by atoms with E-state index >= 15 is 0 Å². The van der Waals surface area contributed by atoms with Crippen LogP contribution in [0, 0.1) is 0 Å². The lowest BCUT2D eigenvalue weighted by Crippen LogP contribution is -2.28. The number of fused-ring (bicyclic) bond motifs is 2. The Labute approximate surface area is 180 Å². The number of nitrogens with one attached hydrogen (secondary N) is 1. The normalized spacial score (nSPS) is 12.7. The van der Waals surface area contributed by atoms with Crippen LogP contribution in [0.25, 0.3) is 10.9 Å². The molecule has 1 aliphatic rings. The highest BCUT2D eigenvalue weighted by molar-refractivity contribution is 6.07. The summed E-state index contributed by atoms with van der Waals surface area (Å²) in [5, 5.41) is 4.03. The first-order valence-corrected chi connectivity index (χ1v) is 10.4. The van der Waals surface area contributed by atoms with Gasteiger partial charge in [0.05, 0.1) is 6.42 Å². The van der Waals surface area contributed by atoms with Crippen LogP contribution in [0.3, 0.4) is 0 Å². The number of hydrogen-bond donors (Lipinski definition) is 1. The number of aromatic nitrogens is 1. The second kappa shape index (κ2) is 7.76. The van der Waals surface area contributed by atoms with Gasteiger partial charge < -0.3 is 14.8 Å². The van der Waals surface area contributed by atoms with E-state index in [1.165, 1.54) is 5.56 Å². The number of carbonyl (C=O) groups excluding carboxylic acids is 2. The summed E-state index contributed by atoms with van der Waals surface area (Å²) in [5.41, 5.74) is 5.59. The smallest absolute Gasteiger partial charge is 0.258 e. The van der Waals surface area contributed by atoms with E-state index in [4.69, 9.17) is 0 Å². The Kier molecular flexibility index (Phi) is 4.79. The van der Waals surface area contributed by atoms with E-state index in [0.29, 0.717) is 24.2 Å². The van der Waals surface area contributed by atoms with E-state index < -0.39 is 0 Å². The first-order valence-electron chi connectivity index (χ1n) is 10.4. The van der Waals surface area contributed by atoms with Crippen LogP contribution in [-0.2, 0) is 24.7 Å². The number of hydrogen-bond acceptors (Lipinski definition) is 2. The Bertz CT molecular complexity index is 1290. The maximum absolute atomic E-state index is 12.9. The number of aryl methyl sites for hydroxylation is 1. The number of anilines is 2. The van der Waals surface area contributed by atoms with Crippen molar-refractivity contribution in [2.24, 2.45) is 7.05 Å². The summed E-state index contributed by atoms with van der Waals surface area (Å²) >= 11 is 0. The lowest BCUT2D eigenvalue weighted by molar-refractivity contribution is -0.115. The van der Waals surface area contributed by atoms with Crippen LogP contribution in [0.4, 0.5) is 11.4 Å². The predicted octanol–water partition coefficient (Wildman–Crippen LogP) is 4.56. The Balaban J connectivity index is 1.27. The molecule has 1 aromatic heterocycles. The SMILES string of the molecule is Cn1cc(CC(=O)Nc2ccc(C(=O)N3CCc4ccccc43)cc2)c2ccccc21. The first kappa shape index (κ1) is 19.1. The Hall–Kier alpha value is -3.86. The van der Waals surface area contributed by atoms with Crippen LogP contribution < -0.4 is 10.2 Å². The number of para-hydroxylation sites is 2. The van der Waals surface area contributed by atoms with E-state index in [1.807, 2.05) is 65.2 Å². The second-order valence-corrected chi connectivity index (χ2v) is 7.92. The molecule has 0 spiro atoms. The van der Waals surface area contributed by atoms with Gasteiger partial charge in [-0.3, -0.25) is 9.59 Å². The molecule has 31 heavy (non-hydrogen) atoms. The van der Waals surface area contributed by atoms with Crippen LogP contribution in [0.2, 0.25) is 0 Å². The van der Waals surface area contributed by atoms with Crippen LogP contribution in [0.5, 0.6) is 0 Å². The molecule has 2 amide bonds. The van der Waals surface area contributed by atoms with Crippen molar-refractivity contribution < 1.29 is 9.59 Å². The van der Waals surface area contributed by atoms with E-state index in [9.17, 15) is 9.59 Å². The van der Waals surface area contributed by atoms with Gasteiger partial charge in [-0.05, 0) is 53.9 Å². The molecule has 5 nitrogen and oxygen atoms in total. The van der Waals surface area contributed by atoms with Crippen molar-refractivity contribution in [1.29, 1.82) is 0 Å². The summed E-state index contributed by atoms with van der Waals surface area (Å²) < 4.78 is 2.04. The first-order chi connectivity index (χ1) is 15.1. The van der Waals surface area contributed by atoms with Crippen molar-refractivity contribution >= 4 is 34.1 Å². The monoisotopic (exact) mass is 409 g/mol.